The van der Waals surface area contributed by atoms with Gasteiger partial charge in [-0.15, -0.1) is 10.2 Å². The highest BCUT2D eigenvalue weighted by Crippen LogP contribution is 2.48. The Morgan fingerprint density at radius 2 is 1.59 bits per heavy atom. The number of ether oxygens (including phenoxy) is 3. The minimum Gasteiger partial charge on any atom is -0.453 e. The third-order valence-electron chi connectivity index (χ3n) is 6.36. The van der Waals surface area contributed by atoms with Crippen LogP contribution in [0.4, 0.5) is 25.8 Å². The number of rotatable bonds is 3. The van der Waals surface area contributed by atoms with Gasteiger partial charge in [0.1, 0.15) is 0 Å². The first-order chi connectivity index (χ1) is 18.8. The van der Waals surface area contributed by atoms with Crippen LogP contribution in [0.3, 0.4) is 0 Å². The quantitative estimate of drug-likeness (QED) is 0.375. The first-order valence-electron chi connectivity index (χ1n) is 11.5. The lowest BCUT2D eigenvalue weighted by atomic mass is 9.95. The molecule has 13 nitrogen and oxygen atoms in total. The van der Waals surface area contributed by atoms with Crippen LogP contribution in [0.25, 0.3) is 22.2 Å². The van der Waals surface area contributed by atoms with E-state index >= 15 is 0 Å². The van der Waals surface area contributed by atoms with Crippen molar-refractivity contribution in [1.82, 2.24) is 14.8 Å². The molecule has 3 heterocycles. The number of benzene rings is 2. The van der Waals surface area contributed by atoms with Gasteiger partial charge < -0.3 is 19.9 Å². The number of carbonyl (C=O) groups excluding carboxylic acids is 4. The van der Waals surface area contributed by atoms with Crippen LogP contribution >= 0.6 is 0 Å². The first-order valence-corrected chi connectivity index (χ1v) is 11.5. The Balaban J connectivity index is 1.89. The molecule has 3 N–H and O–H groups in total. The molecule has 5 rings (SSSR count). The zero-order chi connectivity index (χ0) is 27.8. The van der Waals surface area contributed by atoms with Crippen LogP contribution in [0.2, 0.25) is 0 Å². The average molecular weight is 530 g/mol. The summed E-state index contributed by atoms with van der Waals surface area (Å²) >= 11 is 0. The third-order valence-corrected chi connectivity index (χ3v) is 6.36. The van der Waals surface area contributed by atoms with Gasteiger partial charge >= 0.3 is 18.3 Å². The second-order valence-corrected chi connectivity index (χ2v) is 8.41. The second-order valence-electron chi connectivity index (χ2n) is 8.41. The molecule has 13 heteroatoms. The van der Waals surface area contributed by atoms with Gasteiger partial charge in [-0.2, -0.15) is 0 Å². The highest BCUT2D eigenvalue weighted by molar-refractivity contribution is 6.13. The summed E-state index contributed by atoms with van der Waals surface area (Å²) in [5.41, 5.74) is 8.29. The fourth-order valence-electron chi connectivity index (χ4n) is 4.74. The molecule has 4 aromatic rings. The number of amides is 3. The standard InChI is InChI=1S/C26H22N6O7/c1-37-24(34)28-14-10-8-13(9-11-14)21-16-12-31(25(35)38-2)23-19(16)18(20(22(27)33)29-30-23)15-6-4-5-7-17(15)32(21)26(36)39-3/h4-12,21H,1-3H3,(H2,27,33)(H,28,34). The predicted molar refractivity (Wildman–Crippen MR) is 138 cm³/mol. The molecular formula is C26H22N6O7. The second kappa shape index (κ2) is 9.78. The van der Waals surface area contributed by atoms with Crippen molar-refractivity contribution in [2.24, 2.45) is 5.73 Å². The van der Waals surface area contributed by atoms with Gasteiger partial charge in [-0.3, -0.25) is 15.0 Å². The Hall–Kier alpha value is -5.46. The van der Waals surface area contributed by atoms with Crippen LogP contribution in [0, 0.1) is 0 Å². The zero-order valence-corrected chi connectivity index (χ0v) is 21.0. The highest BCUT2D eigenvalue weighted by Gasteiger charge is 2.39. The van der Waals surface area contributed by atoms with Gasteiger partial charge in [0.05, 0.1) is 33.1 Å². The normalized spacial score (nSPS) is 13.7. The van der Waals surface area contributed by atoms with Crippen LogP contribution in [0.1, 0.15) is 27.7 Å². The summed E-state index contributed by atoms with van der Waals surface area (Å²) in [6, 6.07) is 12.6. The van der Waals surface area contributed by atoms with Gasteiger partial charge in [-0.1, -0.05) is 30.3 Å². The molecule has 0 aliphatic carbocycles. The van der Waals surface area contributed by atoms with E-state index in [1.807, 2.05) is 0 Å². The van der Waals surface area contributed by atoms with Gasteiger partial charge in [0.25, 0.3) is 5.91 Å². The number of anilines is 2. The van der Waals surface area contributed by atoms with E-state index in [0.717, 1.165) is 4.57 Å². The third kappa shape index (κ3) is 4.05. The number of para-hydroxylation sites is 1. The van der Waals surface area contributed by atoms with E-state index in [4.69, 9.17) is 15.2 Å². The van der Waals surface area contributed by atoms with Crippen LogP contribution < -0.4 is 16.0 Å². The van der Waals surface area contributed by atoms with Crippen LogP contribution in [0.15, 0.2) is 54.7 Å². The summed E-state index contributed by atoms with van der Waals surface area (Å²) in [5.74, 6) is -0.840. The van der Waals surface area contributed by atoms with Gasteiger partial charge in [-0.05, 0) is 23.8 Å². The number of fused-ring (bicyclic) bond motifs is 2. The van der Waals surface area contributed by atoms with Gasteiger partial charge in [0, 0.05) is 34.0 Å². The number of primary amides is 1. The zero-order valence-electron chi connectivity index (χ0n) is 21.0. The molecule has 0 saturated carbocycles. The Morgan fingerprint density at radius 1 is 0.897 bits per heavy atom. The monoisotopic (exact) mass is 530 g/mol. The number of nitrogens with two attached hydrogens (primary N) is 1. The van der Waals surface area contributed by atoms with Crippen molar-refractivity contribution in [2.45, 2.75) is 6.04 Å². The summed E-state index contributed by atoms with van der Waals surface area (Å²) in [4.78, 5) is 51.8. The number of nitrogens with zero attached hydrogens (tertiary/aromatic N) is 4. The lowest BCUT2D eigenvalue weighted by Crippen LogP contribution is -2.35. The maximum Gasteiger partial charge on any atom is 0.419 e. The first kappa shape index (κ1) is 25.2. The molecule has 1 unspecified atom stereocenters. The number of aromatic nitrogens is 3. The van der Waals surface area contributed by atoms with Crippen molar-refractivity contribution >= 4 is 46.6 Å². The Kier molecular flexibility index (Phi) is 6.32. The van der Waals surface area contributed by atoms with E-state index in [0.29, 0.717) is 39.0 Å². The Morgan fingerprint density at radius 3 is 2.23 bits per heavy atom. The van der Waals surface area contributed by atoms with Crippen LogP contribution in [-0.2, 0) is 14.2 Å². The number of carbonyl (C=O) groups is 4. The SMILES string of the molecule is COC(=O)Nc1ccc(C2c3cn(C(=O)OC)c4nnc(C(N)=O)c(c34)-c3ccccc3N2C(=O)OC)cc1. The number of methoxy groups -OCH3 is 3. The maximum absolute atomic E-state index is 13.4. The summed E-state index contributed by atoms with van der Waals surface area (Å²) in [5, 5.41) is 11.1. The highest BCUT2D eigenvalue weighted by atomic mass is 16.5. The van der Waals surface area contributed by atoms with Crippen molar-refractivity contribution in [1.29, 1.82) is 0 Å². The van der Waals surface area contributed by atoms with Crippen molar-refractivity contribution in [3.05, 3.63) is 71.5 Å². The Bertz CT molecular complexity index is 1650. The molecule has 39 heavy (non-hydrogen) atoms. The van der Waals surface area contributed by atoms with Crippen molar-refractivity contribution in [2.75, 3.05) is 31.5 Å². The smallest absolute Gasteiger partial charge is 0.419 e. The van der Waals surface area contributed by atoms with Gasteiger partial charge in [0.2, 0.25) is 0 Å². The molecule has 1 aliphatic heterocycles. The molecule has 0 fully saturated rings. The minimum atomic E-state index is -0.884. The minimum absolute atomic E-state index is 0.104. The van der Waals surface area contributed by atoms with Crippen molar-refractivity contribution < 1.29 is 33.4 Å². The maximum atomic E-state index is 13.4. The van der Waals surface area contributed by atoms with E-state index in [1.54, 1.807) is 48.5 Å². The molecule has 3 amide bonds. The molecule has 1 aliphatic rings. The summed E-state index contributed by atoms with van der Waals surface area (Å²) in [6.45, 7) is 0. The number of hydrogen-bond donors (Lipinski definition) is 2. The van der Waals surface area contributed by atoms with Crippen LogP contribution in [0.5, 0.6) is 0 Å². The number of nitrogens with one attached hydrogen (secondary N) is 1. The van der Waals surface area contributed by atoms with Gasteiger partial charge in [-0.25, -0.2) is 19.0 Å². The fourth-order valence-corrected chi connectivity index (χ4v) is 4.74. The van der Waals surface area contributed by atoms with E-state index in [-0.39, 0.29) is 11.3 Å². The molecule has 1 atom stereocenters. The summed E-state index contributed by atoms with van der Waals surface area (Å²) in [6.07, 6.45) is -0.636. The van der Waals surface area contributed by atoms with Crippen molar-refractivity contribution in [3.63, 3.8) is 0 Å². The predicted octanol–water partition coefficient (Wildman–Crippen LogP) is 3.67. The van der Waals surface area contributed by atoms with Crippen LogP contribution in [-0.4, -0.2) is 60.3 Å². The molecule has 0 radical (unpaired) electrons. The average Bonchev–Trinajstić information content (AvgIpc) is 3.28. The lowest BCUT2D eigenvalue weighted by Gasteiger charge is -2.31. The van der Waals surface area contributed by atoms with E-state index in [2.05, 4.69) is 20.3 Å². The molecule has 0 spiro atoms. The summed E-state index contributed by atoms with van der Waals surface area (Å²) in [7, 11) is 3.71. The largest absolute Gasteiger partial charge is 0.453 e. The van der Waals surface area contributed by atoms with Crippen molar-refractivity contribution in [3.8, 4) is 11.1 Å². The molecule has 0 saturated heterocycles. The molecular weight excluding hydrogens is 508 g/mol. The molecule has 2 aromatic heterocycles. The lowest BCUT2D eigenvalue weighted by molar-refractivity contribution is 0.0995. The number of hydrogen-bond acceptors (Lipinski definition) is 9. The van der Waals surface area contributed by atoms with E-state index in [1.165, 1.54) is 32.4 Å². The summed E-state index contributed by atoms with van der Waals surface area (Å²) < 4.78 is 15.9. The topological polar surface area (TPSA) is 168 Å². The molecule has 0 bridgehead atoms. The Labute approximate surface area is 221 Å². The van der Waals surface area contributed by atoms with E-state index in [9.17, 15) is 19.2 Å². The molecule has 198 valence electrons. The fraction of sp³-hybridized carbons (Fsp3) is 0.154. The van der Waals surface area contributed by atoms with Gasteiger partial charge in [0.15, 0.2) is 11.3 Å². The molecule has 2 aromatic carbocycles. The van der Waals surface area contributed by atoms with E-state index < -0.39 is 30.2 Å².